The second kappa shape index (κ2) is 5.63. The number of rotatable bonds is 3. The Kier molecular flexibility index (Phi) is 4.15. The van der Waals surface area contributed by atoms with E-state index in [-0.39, 0.29) is 5.82 Å². The summed E-state index contributed by atoms with van der Waals surface area (Å²) in [4.78, 5) is 0. The highest BCUT2D eigenvalue weighted by Gasteiger charge is 2.13. The Morgan fingerprint density at radius 1 is 1.22 bits per heavy atom. The van der Waals surface area contributed by atoms with E-state index in [1.165, 1.54) is 12.1 Å². The lowest BCUT2D eigenvalue weighted by Crippen LogP contribution is -2.05. The number of aliphatic hydroxyl groups excluding tert-OH is 1. The molecule has 0 saturated carbocycles. The lowest BCUT2D eigenvalue weighted by molar-refractivity contribution is 0.177. The third-order valence-electron chi connectivity index (χ3n) is 2.97. The van der Waals surface area contributed by atoms with Crippen molar-refractivity contribution in [2.75, 3.05) is 0 Å². The predicted molar refractivity (Wildman–Crippen MR) is 73.9 cm³/mol. The van der Waals surface area contributed by atoms with Gasteiger partial charge in [-0.2, -0.15) is 0 Å². The second-order valence-electron chi connectivity index (χ2n) is 4.31. The molecule has 2 aromatic rings. The number of hydrogen-bond acceptors (Lipinski definition) is 1. The van der Waals surface area contributed by atoms with Gasteiger partial charge in [-0.15, -0.1) is 0 Å². The molecular formula is C15H14BrFO. The molecule has 0 saturated heterocycles. The first-order valence-corrected chi connectivity index (χ1v) is 6.55. The van der Waals surface area contributed by atoms with Crippen LogP contribution in [-0.4, -0.2) is 5.11 Å². The molecule has 18 heavy (non-hydrogen) atoms. The molecule has 3 heteroatoms. The van der Waals surface area contributed by atoms with Crippen LogP contribution in [0.4, 0.5) is 4.39 Å². The van der Waals surface area contributed by atoms with Crippen LogP contribution in [0.2, 0.25) is 0 Å². The van der Waals surface area contributed by atoms with Gasteiger partial charge in [-0.3, -0.25) is 0 Å². The molecule has 0 aromatic heterocycles. The van der Waals surface area contributed by atoms with Gasteiger partial charge in [0.1, 0.15) is 5.82 Å². The SMILES string of the molecule is Cc1ccc(F)cc1C(O)Cc1ccccc1Br. The van der Waals surface area contributed by atoms with Crippen molar-refractivity contribution in [3.63, 3.8) is 0 Å². The fourth-order valence-electron chi connectivity index (χ4n) is 1.95. The lowest BCUT2D eigenvalue weighted by atomic mass is 9.98. The predicted octanol–water partition coefficient (Wildman–Crippen LogP) is 4.17. The monoisotopic (exact) mass is 308 g/mol. The third-order valence-corrected chi connectivity index (χ3v) is 3.75. The van der Waals surface area contributed by atoms with Gasteiger partial charge in [-0.1, -0.05) is 40.2 Å². The van der Waals surface area contributed by atoms with E-state index in [4.69, 9.17) is 0 Å². The van der Waals surface area contributed by atoms with Crippen LogP contribution in [0.5, 0.6) is 0 Å². The van der Waals surface area contributed by atoms with Crippen molar-refractivity contribution < 1.29 is 9.50 Å². The minimum absolute atomic E-state index is 0.318. The zero-order chi connectivity index (χ0) is 13.1. The third kappa shape index (κ3) is 2.98. The Balaban J connectivity index is 2.25. The van der Waals surface area contributed by atoms with Gasteiger partial charge >= 0.3 is 0 Å². The molecule has 0 aliphatic heterocycles. The van der Waals surface area contributed by atoms with Gasteiger partial charge in [0.2, 0.25) is 0 Å². The highest BCUT2D eigenvalue weighted by atomic mass is 79.9. The fraction of sp³-hybridized carbons (Fsp3) is 0.200. The average molecular weight is 309 g/mol. The Morgan fingerprint density at radius 3 is 2.67 bits per heavy atom. The van der Waals surface area contributed by atoms with Crippen LogP contribution in [-0.2, 0) is 6.42 Å². The van der Waals surface area contributed by atoms with Crippen molar-refractivity contribution in [2.45, 2.75) is 19.4 Å². The van der Waals surface area contributed by atoms with Crippen LogP contribution in [0.15, 0.2) is 46.9 Å². The maximum absolute atomic E-state index is 13.2. The van der Waals surface area contributed by atoms with Gasteiger partial charge in [0.25, 0.3) is 0 Å². The molecule has 0 amide bonds. The molecule has 1 atom stereocenters. The Labute approximate surface area is 114 Å². The normalized spacial score (nSPS) is 12.4. The first kappa shape index (κ1) is 13.2. The summed E-state index contributed by atoms with van der Waals surface area (Å²) < 4.78 is 14.2. The zero-order valence-corrected chi connectivity index (χ0v) is 11.6. The van der Waals surface area contributed by atoms with Gasteiger partial charge in [-0.25, -0.2) is 4.39 Å². The van der Waals surface area contributed by atoms with Crippen molar-refractivity contribution in [3.8, 4) is 0 Å². The second-order valence-corrected chi connectivity index (χ2v) is 5.17. The van der Waals surface area contributed by atoms with E-state index >= 15 is 0 Å². The van der Waals surface area contributed by atoms with Crippen molar-refractivity contribution in [1.82, 2.24) is 0 Å². The van der Waals surface area contributed by atoms with Gasteiger partial charge in [0, 0.05) is 10.9 Å². The molecule has 0 heterocycles. The van der Waals surface area contributed by atoms with E-state index < -0.39 is 6.10 Å². The summed E-state index contributed by atoms with van der Waals surface area (Å²) in [7, 11) is 0. The van der Waals surface area contributed by atoms with E-state index in [0.717, 1.165) is 15.6 Å². The summed E-state index contributed by atoms with van der Waals surface area (Å²) >= 11 is 3.45. The van der Waals surface area contributed by atoms with Crippen LogP contribution in [0, 0.1) is 12.7 Å². The largest absolute Gasteiger partial charge is 0.388 e. The lowest BCUT2D eigenvalue weighted by Gasteiger charge is -2.14. The molecule has 0 aliphatic carbocycles. The smallest absolute Gasteiger partial charge is 0.123 e. The molecule has 2 rings (SSSR count). The van der Waals surface area contributed by atoms with Crippen molar-refractivity contribution in [2.24, 2.45) is 0 Å². The van der Waals surface area contributed by atoms with E-state index in [9.17, 15) is 9.50 Å². The molecule has 2 aromatic carbocycles. The molecule has 0 radical (unpaired) electrons. The maximum Gasteiger partial charge on any atom is 0.123 e. The summed E-state index contributed by atoms with van der Waals surface area (Å²) in [5, 5.41) is 10.2. The highest BCUT2D eigenvalue weighted by Crippen LogP contribution is 2.26. The number of aliphatic hydroxyl groups is 1. The summed E-state index contributed by atoms with van der Waals surface area (Å²) in [6.45, 7) is 1.87. The van der Waals surface area contributed by atoms with Crippen molar-refractivity contribution >= 4 is 15.9 Å². The standard InChI is InChI=1S/C15H14BrFO/c1-10-6-7-12(17)9-13(10)15(18)8-11-4-2-3-5-14(11)16/h2-7,9,15,18H,8H2,1H3. The summed E-state index contributed by atoms with van der Waals surface area (Å²) in [5.41, 5.74) is 2.55. The van der Waals surface area contributed by atoms with Crippen molar-refractivity contribution in [3.05, 3.63) is 69.4 Å². The van der Waals surface area contributed by atoms with E-state index in [1.807, 2.05) is 31.2 Å². The first-order valence-electron chi connectivity index (χ1n) is 5.75. The van der Waals surface area contributed by atoms with Gasteiger partial charge in [0.05, 0.1) is 6.10 Å². The molecule has 94 valence electrons. The van der Waals surface area contributed by atoms with Gasteiger partial charge in [0.15, 0.2) is 0 Å². The maximum atomic E-state index is 13.2. The van der Waals surface area contributed by atoms with Crippen molar-refractivity contribution in [1.29, 1.82) is 0 Å². The van der Waals surface area contributed by atoms with Crippen LogP contribution in [0.3, 0.4) is 0 Å². The van der Waals surface area contributed by atoms with E-state index in [0.29, 0.717) is 12.0 Å². The molecule has 0 spiro atoms. The number of hydrogen-bond donors (Lipinski definition) is 1. The molecular weight excluding hydrogens is 295 g/mol. The fourth-order valence-corrected chi connectivity index (χ4v) is 2.40. The topological polar surface area (TPSA) is 20.2 Å². The summed E-state index contributed by atoms with van der Waals surface area (Å²) in [6.07, 6.45) is -0.231. The molecule has 0 fully saturated rings. The number of halogens is 2. The van der Waals surface area contributed by atoms with Gasteiger partial charge in [-0.05, 0) is 41.8 Å². The van der Waals surface area contributed by atoms with Crippen LogP contribution < -0.4 is 0 Å². The minimum atomic E-state index is -0.695. The number of benzene rings is 2. The Hall–Kier alpha value is -1.19. The zero-order valence-electron chi connectivity index (χ0n) is 10.0. The molecule has 1 nitrogen and oxygen atoms in total. The first-order chi connectivity index (χ1) is 8.58. The van der Waals surface area contributed by atoms with Crippen LogP contribution >= 0.6 is 15.9 Å². The molecule has 0 bridgehead atoms. The Morgan fingerprint density at radius 2 is 1.94 bits per heavy atom. The minimum Gasteiger partial charge on any atom is -0.388 e. The van der Waals surface area contributed by atoms with E-state index in [1.54, 1.807) is 6.07 Å². The van der Waals surface area contributed by atoms with Gasteiger partial charge < -0.3 is 5.11 Å². The quantitative estimate of drug-likeness (QED) is 0.902. The Bertz CT molecular complexity index is 554. The van der Waals surface area contributed by atoms with E-state index in [2.05, 4.69) is 15.9 Å². The molecule has 1 unspecified atom stereocenters. The van der Waals surface area contributed by atoms with Crippen LogP contribution in [0.25, 0.3) is 0 Å². The van der Waals surface area contributed by atoms with Crippen LogP contribution in [0.1, 0.15) is 22.8 Å². The highest BCUT2D eigenvalue weighted by molar-refractivity contribution is 9.10. The summed E-state index contributed by atoms with van der Waals surface area (Å²) in [5.74, 6) is -0.318. The molecule has 0 aliphatic rings. The average Bonchev–Trinajstić information content (AvgIpc) is 2.35. The number of aryl methyl sites for hydroxylation is 1. The summed E-state index contributed by atoms with van der Waals surface area (Å²) in [6, 6.07) is 12.2. The molecule has 1 N–H and O–H groups in total.